The van der Waals surface area contributed by atoms with Crippen LogP contribution in [0.2, 0.25) is 0 Å². The van der Waals surface area contributed by atoms with E-state index in [0.29, 0.717) is 5.56 Å². The molecule has 1 atom stereocenters. The minimum absolute atomic E-state index is 0.259. The fourth-order valence-corrected chi connectivity index (χ4v) is 3.81. The summed E-state index contributed by atoms with van der Waals surface area (Å²) in [4.78, 5) is 0.824. The maximum absolute atomic E-state index is 14.0. The maximum atomic E-state index is 14.0. The van der Waals surface area contributed by atoms with Gasteiger partial charge >= 0.3 is 0 Å². The lowest BCUT2D eigenvalue weighted by molar-refractivity contribution is 0.582. The number of aromatic nitrogens is 3. The summed E-state index contributed by atoms with van der Waals surface area (Å²) in [7, 11) is 0. The number of aryl methyl sites for hydroxylation is 1. The molecule has 0 fully saturated rings. The first-order valence-electron chi connectivity index (χ1n) is 7.30. The summed E-state index contributed by atoms with van der Waals surface area (Å²) in [5, 5.41) is 9.39. The smallest absolute Gasteiger partial charge is 0.196 e. The molecule has 4 nitrogen and oxygen atoms in total. The second-order valence-electron chi connectivity index (χ2n) is 5.40. The average molecular weight is 306 g/mol. The third kappa shape index (κ3) is 2.96. The lowest BCUT2D eigenvalue weighted by atomic mass is 10.1. The number of nitrogens with zero attached hydrogens (tertiary/aromatic N) is 3. The molecular weight excluding hydrogens is 287 g/mol. The van der Waals surface area contributed by atoms with Crippen molar-refractivity contribution in [1.29, 1.82) is 0 Å². The van der Waals surface area contributed by atoms with Crippen LogP contribution in [0.5, 0.6) is 0 Å². The van der Waals surface area contributed by atoms with Crippen molar-refractivity contribution in [3.8, 4) is 0 Å². The minimum atomic E-state index is -0.347. The molecule has 0 aliphatic carbocycles. The number of hydrogen-bond donors (Lipinski definition) is 1. The normalized spacial score (nSPS) is 16.3. The van der Waals surface area contributed by atoms with Crippen LogP contribution in [0.1, 0.15) is 43.6 Å². The maximum Gasteiger partial charge on any atom is 0.196 e. The Labute approximate surface area is 127 Å². The number of fused-ring (bicyclic) bond motifs is 1. The molecule has 0 bridgehead atoms. The fraction of sp³-hybridized carbons (Fsp3) is 0.467. The molecule has 0 amide bonds. The van der Waals surface area contributed by atoms with Crippen molar-refractivity contribution in [2.75, 3.05) is 0 Å². The second-order valence-corrected chi connectivity index (χ2v) is 6.41. The van der Waals surface area contributed by atoms with Crippen molar-refractivity contribution in [3.05, 3.63) is 35.4 Å². The zero-order chi connectivity index (χ0) is 14.8. The first-order valence-corrected chi connectivity index (χ1v) is 8.12. The van der Waals surface area contributed by atoms with Gasteiger partial charge in [-0.3, -0.25) is 0 Å². The molecule has 3 rings (SSSR count). The van der Waals surface area contributed by atoms with E-state index < -0.39 is 0 Å². The van der Waals surface area contributed by atoms with Crippen LogP contribution in [-0.4, -0.2) is 14.8 Å². The van der Waals surface area contributed by atoms with Gasteiger partial charge < -0.3 is 10.3 Å². The van der Waals surface area contributed by atoms with Crippen molar-refractivity contribution in [2.45, 2.75) is 55.2 Å². The number of nitrogens with two attached hydrogens (primary N) is 1. The van der Waals surface area contributed by atoms with Gasteiger partial charge in [-0.05, 0) is 43.7 Å². The Morgan fingerprint density at radius 2 is 2.14 bits per heavy atom. The van der Waals surface area contributed by atoms with Crippen molar-refractivity contribution in [3.63, 3.8) is 0 Å². The van der Waals surface area contributed by atoms with Crippen LogP contribution in [0.25, 0.3) is 0 Å². The Bertz CT molecular complexity index is 639. The van der Waals surface area contributed by atoms with Gasteiger partial charge in [-0.2, -0.15) is 0 Å². The molecule has 1 aromatic heterocycles. The average Bonchev–Trinajstić information content (AvgIpc) is 2.68. The first-order chi connectivity index (χ1) is 10.2. The van der Waals surface area contributed by atoms with Crippen LogP contribution < -0.4 is 5.73 Å². The molecule has 1 aliphatic rings. The third-order valence-corrected chi connectivity index (χ3v) is 4.81. The van der Waals surface area contributed by atoms with Crippen LogP contribution in [0.3, 0.4) is 0 Å². The van der Waals surface area contributed by atoms with E-state index in [-0.39, 0.29) is 11.9 Å². The Kier molecular flexibility index (Phi) is 4.26. The van der Waals surface area contributed by atoms with E-state index in [0.717, 1.165) is 41.7 Å². The summed E-state index contributed by atoms with van der Waals surface area (Å²) in [6, 6.07) is 4.71. The molecule has 2 N–H and O–H groups in total. The van der Waals surface area contributed by atoms with Gasteiger partial charge in [0, 0.05) is 29.5 Å². The van der Waals surface area contributed by atoms with Crippen molar-refractivity contribution in [2.24, 2.45) is 5.73 Å². The van der Waals surface area contributed by atoms with Gasteiger partial charge in [-0.15, -0.1) is 10.2 Å². The minimum Gasteiger partial charge on any atom is -0.324 e. The highest BCUT2D eigenvalue weighted by Gasteiger charge is 2.19. The Morgan fingerprint density at radius 3 is 2.95 bits per heavy atom. The zero-order valence-corrected chi connectivity index (χ0v) is 12.9. The number of hydrogen-bond acceptors (Lipinski definition) is 4. The molecule has 1 aliphatic heterocycles. The predicted molar refractivity (Wildman–Crippen MR) is 80.7 cm³/mol. The molecule has 112 valence electrons. The summed E-state index contributed by atoms with van der Waals surface area (Å²) in [6.45, 7) is 2.74. The molecule has 0 spiro atoms. The largest absolute Gasteiger partial charge is 0.324 e. The van der Waals surface area contributed by atoms with Crippen LogP contribution in [0, 0.1) is 5.82 Å². The van der Waals surface area contributed by atoms with Gasteiger partial charge in [0.25, 0.3) is 0 Å². The van der Waals surface area contributed by atoms with Crippen LogP contribution >= 0.6 is 11.8 Å². The van der Waals surface area contributed by atoms with Gasteiger partial charge in [0.15, 0.2) is 5.16 Å². The predicted octanol–water partition coefficient (Wildman–Crippen LogP) is 3.31. The number of rotatable bonds is 3. The van der Waals surface area contributed by atoms with E-state index in [4.69, 9.17) is 5.73 Å². The summed E-state index contributed by atoms with van der Waals surface area (Å²) in [5.41, 5.74) is 6.46. The van der Waals surface area contributed by atoms with Gasteiger partial charge in [0.1, 0.15) is 11.6 Å². The highest BCUT2D eigenvalue weighted by atomic mass is 32.2. The highest BCUT2D eigenvalue weighted by Crippen LogP contribution is 2.34. The van der Waals surface area contributed by atoms with Crippen molar-refractivity contribution in [1.82, 2.24) is 14.8 Å². The summed E-state index contributed by atoms with van der Waals surface area (Å²) in [6.07, 6.45) is 4.49. The molecule has 21 heavy (non-hydrogen) atoms. The summed E-state index contributed by atoms with van der Waals surface area (Å²) >= 11 is 1.46. The zero-order valence-electron chi connectivity index (χ0n) is 12.1. The third-order valence-electron chi connectivity index (χ3n) is 3.75. The van der Waals surface area contributed by atoms with Gasteiger partial charge in [0.2, 0.25) is 0 Å². The standard InChI is InChI=1S/C15H19FN4S/c1-10(17)14-11(16)6-5-7-12(14)21-15-19-18-13-8-3-2-4-9-20(13)15/h5-7,10H,2-4,8-9,17H2,1H3. The quantitative estimate of drug-likeness (QED) is 0.945. The number of benzene rings is 1. The van der Waals surface area contributed by atoms with E-state index in [9.17, 15) is 4.39 Å². The summed E-state index contributed by atoms with van der Waals surface area (Å²) in [5.74, 6) is 0.777. The Hall–Kier alpha value is -1.40. The molecule has 1 aromatic carbocycles. The van der Waals surface area contributed by atoms with Crippen LogP contribution in [0.4, 0.5) is 4.39 Å². The van der Waals surface area contributed by atoms with Gasteiger partial charge in [-0.1, -0.05) is 12.5 Å². The van der Waals surface area contributed by atoms with Crippen molar-refractivity contribution >= 4 is 11.8 Å². The lowest BCUT2D eigenvalue weighted by Crippen LogP contribution is -2.09. The molecule has 0 saturated heterocycles. The van der Waals surface area contributed by atoms with E-state index >= 15 is 0 Å². The van der Waals surface area contributed by atoms with Crippen LogP contribution in [0.15, 0.2) is 28.3 Å². The lowest BCUT2D eigenvalue weighted by Gasteiger charge is -2.13. The van der Waals surface area contributed by atoms with Gasteiger partial charge in [-0.25, -0.2) is 4.39 Å². The van der Waals surface area contributed by atoms with Crippen molar-refractivity contribution < 1.29 is 4.39 Å². The molecule has 2 aromatic rings. The molecule has 2 heterocycles. The molecule has 6 heteroatoms. The Balaban J connectivity index is 1.95. The molecule has 0 saturated carbocycles. The highest BCUT2D eigenvalue weighted by molar-refractivity contribution is 7.99. The summed E-state index contributed by atoms with van der Waals surface area (Å²) < 4.78 is 16.2. The topological polar surface area (TPSA) is 56.7 Å². The van der Waals surface area contributed by atoms with Crippen LogP contribution in [-0.2, 0) is 13.0 Å². The van der Waals surface area contributed by atoms with E-state index in [1.165, 1.54) is 24.2 Å². The second kappa shape index (κ2) is 6.15. The molecule has 0 radical (unpaired) electrons. The Morgan fingerprint density at radius 1 is 1.29 bits per heavy atom. The van der Waals surface area contributed by atoms with E-state index in [1.54, 1.807) is 13.0 Å². The first kappa shape index (κ1) is 14.5. The molecular formula is C15H19FN4S. The van der Waals surface area contributed by atoms with E-state index in [2.05, 4.69) is 14.8 Å². The molecule has 1 unspecified atom stereocenters. The SMILES string of the molecule is CC(N)c1c(F)cccc1Sc1nnc2n1CCCCC2. The monoisotopic (exact) mass is 306 g/mol. The fourth-order valence-electron chi connectivity index (χ4n) is 2.68. The van der Waals surface area contributed by atoms with E-state index in [1.807, 2.05) is 6.07 Å². The van der Waals surface area contributed by atoms with Gasteiger partial charge in [0.05, 0.1) is 0 Å². The number of halogens is 1.